The molecule has 0 aromatic carbocycles. The second-order valence-electron chi connectivity index (χ2n) is 6.00. The van der Waals surface area contributed by atoms with Crippen molar-refractivity contribution in [3.8, 4) is 0 Å². The Kier molecular flexibility index (Phi) is 5.53. The standard InChI is InChI=1S/C16H25N3O2/c1-2-7-13-10-14(19-12-18-13)17-11-16(15(20)21)8-5-3-4-6-9-16/h10,12H,2-9,11H2,1H3,(H,20,21)(H,17,18,19). The van der Waals surface area contributed by atoms with E-state index in [2.05, 4.69) is 22.2 Å². The van der Waals surface area contributed by atoms with Gasteiger partial charge in [-0.3, -0.25) is 4.79 Å². The number of rotatable bonds is 6. The second kappa shape index (κ2) is 7.38. The molecule has 2 N–H and O–H groups in total. The molecule has 0 unspecified atom stereocenters. The van der Waals surface area contributed by atoms with Crippen LogP contribution in [0.25, 0.3) is 0 Å². The predicted molar refractivity (Wildman–Crippen MR) is 82.3 cm³/mol. The molecule has 2 rings (SSSR count). The summed E-state index contributed by atoms with van der Waals surface area (Å²) in [5.74, 6) is 0.0538. The zero-order valence-electron chi connectivity index (χ0n) is 12.8. The van der Waals surface area contributed by atoms with Crippen LogP contribution >= 0.6 is 0 Å². The van der Waals surface area contributed by atoms with Crippen LogP contribution in [0, 0.1) is 5.41 Å². The fraction of sp³-hybridized carbons (Fsp3) is 0.688. The second-order valence-corrected chi connectivity index (χ2v) is 6.00. The summed E-state index contributed by atoms with van der Waals surface area (Å²) in [5.41, 5.74) is 0.354. The minimum Gasteiger partial charge on any atom is -0.481 e. The summed E-state index contributed by atoms with van der Waals surface area (Å²) >= 11 is 0. The van der Waals surface area contributed by atoms with Gasteiger partial charge in [-0.05, 0) is 19.3 Å². The topological polar surface area (TPSA) is 75.1 Å². The summed E-state index contributed by atoms with van der Waals surface area (Å²) in [5, 5.41) is 12.9. The molecule has 0 bridgehead atoms. The Labute approximate surface area is 126 Å². The van der Waals surface area contributed by atoms with Crippen molar-refractivity contribution in [2.24, 2.45) is 5.41 Å². The largest absolute Gasteiger partial charge is 0.481 e. The smallest absolute Gasteiger partial charge is 0.311 e. The first-order valence-corrected chi connectivity index (χ1v) is 7.94. The summed E-state index contributed by atoms with van der Waals surface area (Å²) in [6, 6.07) is 1.93. The van der Waals surface area contributed by atoms with E-state index < -0.39 is 11.4 Å². The molecule has 0 aliphatic heterocycles. The molecule has 5 heteroatoms. The molecule has 1 aromatic heterocycles. The number of aryl methyl sites for hydroxylation is 1. The molecular formula is C16H25N3O2. The van der Waals surface area contributed by atoms with E-state index in [1.54, 1.807) is 6.33 Å². The zero-order chi connectivity index (χ0) is 15.1. The average Bonchev–Trinajstić information content (AvgIpc) is 2.72. The number of carboxylic acid groups (broad SMARTS) is 1. The monoisotopic (exact) mass is 291 g/mol. The van der Waals surface area contributed by atoms with E-state index in [0.29, 0.717) is 6.54 Å². The van der Waals surface area contributed by atoms with E-state index in [-0.39, 0.29) is 0 Å². The van der Waals surface area contributed by atoms with Gasteiger partial charge in [-0.1, -0.05) is 39.0 Å². The third kappa shape index (κ3) is 4.16. The fourth-order valence-corrected chi connectivity index (χ4v) is 3.02. The first-order chi connectivity index (χ1) is 10.2. The van der Waals surface area contributed by atoms with Gasteiger partial charge in [-0.15, -0.1) is 0 Å². The minimum absolute atomic E-state index is 0.449. The molecule has 0 saturated heterocycles. The lowest BCUT2D eigenvalue weighted by Crippen LogP contribution is -2.37. The summed E-state index contributed by atoms with van der Waals surface area (Å²) in [6.45, 7) is 2.56. The highest BCUT2D eigenvalue weighted by Crippen LogP contribution is 2.35. The van der Waals surface area contributed by atoms with Crippen LogP contribution in [0.15, 0.2) is 12.4 Å². The maximum Gasteiger partial charge on any atom is 0.311 e. The maximum absolute atomic E-state index is 11.7. The highest BCUT2D eigenvalue weighted by atomic mass is 16.4. The third-order valence-corrected chi connectivity index (χ3v) is 4.35. The van der Waals surface area contributed by atoms with Crippen LogP contribution in [0.3, 0.4) is 0 Å². The lowest BCUT2D eigenvalue weighted by atomic mass is 9.80. The van der Waals surface area contributed by atoms with Crippen molar-refractivity contribution in [2.45, 2.75) is 58.3 Å². The Morgan fingerprint density at radius 3 is 2.62 bits per heavy atom. The van der Waals surface area contributed by atoms with E-state index in [1.807, 2.05) is 6.07 Å². The molecule has 5 nitrogen and oxygen atoms in total. The Morgan fingerprint density at radius 2 is 2.00 bits per heavy atom. The summed E-state index contributed by atoms with van der Waals surface area (Å²) in [7, 11) is 0. The average molecular weight is 291 g/mol. The molecule has 1 heterocycles. The summed E-state index contributed by atoms with van der Waals surface area (Å²) in [6.07, 6.45) is 9.29. The fourth-order valence-electron chi connectivity index (χ4n) is 3.02. The number of aliphatic carboxylic acids is 1. The number of nitrogens with zero attached hydrogens (tertiary/aromatic N) is 2. The molecule has 0 amide bonds. The van der Waals surface area contributed by atoms with Gasteiger partial charge in [-0.25, -0.2) is 9.97 Å². The van der Waals surface area contributed by atoms with E-state index in [1.165, 1.54) is 0 Å². The number of nitrogens with one attached hydrogen (secondary N) is 1. The van der Waals surface area contributed by atoms with Crippen LogP contribution < -0.4 is 5.32 Å². The molecule has 116 valence electrons. The minimum atomic E-state index is -0.681. The normalized spacial score (nSPS) is 18.0. The van der Waals surface area contributed by atoms with Crippen LogP contribution in [0.1, 0.15) is 57.6 Å². The Bertz CT molecular complexity index is 468. The number of carboxylic acids is 1. The number of hydrogen-bond donors (Lipinski definition) is 2. The van der Waals surface area contributed by atoms with Gasteiger partial charge in [0.2, 0.25) is 0 Å². The van der Waals surface area contributed by atoms with E-state index in [0.717, 1.165) is 62.9 Å². The first-order valence-electron chi connectivity index (χ1n) is 7.94. The lowest BCUT2D eigenvalue weighted by molar-refractivity contribution is -0.149. The predicted octanol–water partition coefficient (Wildman–Crippen LogP) is 3.27. The van der Waals surface area contributed by atoms with Crippen LogP contribution in [0.2, 0.25) is 0 Å². The number of carbonyl (C=O) groups is 1. The number of aromatic nitrogens is 2. The van der Waals surface area contributed by atoms with E-state index in [9.17, 15) is 9.90 Å². The zero-order valence-corrected chi connectivity index (χ0v) is 12.8. The van der Waals surface area contributed by atoms with E-state index >= 15 is 0 Å². The molecule has 0 atom stereocenters. The number of anilines is 1. The lowest BCUT2D eigenvalue weighted by Gasteiger charge is -2.28. The van der Waals surface area contributed by atoms with Crippen molar-refractivity contribution < 1.29 is 9.90 Å². The highest BCUT2D eigenvalue weighted by Gasteiger charge is 2.38. The Morgan fingerprint density at radius 1 is 1.29 bits per heavy atom. The van der Waals surface area contributed by atoms with Crippen molar-refractivity contribution in [1.82, 2.24) is 9.97 Å². The summed E-state index contributed by atoms with van der Waals surface area (Å²) < 4.78 is 0. The van der Waals surface area contributed by atoms with Crippen molar-refractivity contribution in [3.63, 3.8) is 0 Å². The highest BCUT2D eigenvalue weighted by molar-refractivity contribution is 5.75. The SMILES string of the molecule is CCCc1cc(NCC2(C(=O)O)CCCCCC2)ncn1. The number of hydrogen-bond acceptors (Lipinski definition) is 4. The van der Waals surface area contributed by atoms with E-state index in [4.69, 9.17) is 0 Å². The van der Waals surface area contributed by atoms with Gasteiger partial charge >= 0.3 is 5.97 Å². The Balaban J connectivity index is 2.04. The summed E-state index contributed by atoms with van der Waals surface area (Å²) in [4.78, 5) is 20.2. The van der Waals surface area contributed by atoms with Crippen molar-refractivity contribution in [1.29, 1.82) is 0 Å². The molecule has 1 fully saturated rings. The van der Waals surface area contributed by atoms with Crippen LogP contribution in [0.5, 0.6) is 0 Å². The van der Waals surface area contributed by atoms with Crippen LogP contribution in [-0.4, -0.2) is 27.6 Å². The Hall–Kier alpha value is -1.65. The van der Waals surface area contributed by atoms with Gasteiger partial charge in [-0.2, -0.15) is 0 Å². The van der Waals surface area contributed by atoms with Gasteiger partial charge in [0.15, 0.2) is 0 Å². The molecule has 21 heavy (non-hydrogen) atoms. The molecule has 1 saturated carbocycles. The van der Waals surface area contributed by atoms with Crippen LogP contribution in [-0.2, 0) is 11.2 Å². The molecule has 1 aromatic rings. The molecular weight excluding hydrogens is 266 g/mol. The quantitative estimate of drug-likeness (QED) is 0.787. The van der Waals surface area contributed by atoms with Gasteiger partial charge in [0.25, 0.3) is 0 Å². The molecule has 1 aliphatic carbocycles. The molecule has 0 spiro atoms. The van der Waals surface area contributed by atoms with Gasteiger partial charge in [0.05, 0.1) is 5.41 Å². The van der Waals surface area contributed by atoms with Crippen molar-refractivity contribution >= 4 is 11.8 Å². The van der Waals surface area contributed by atoms with Crippen molar-refractivity contribution in [2.75, 3.05) is 11.9 Å². The van der Waals surface area contributed by atoms with Crippen molar-refractivity contribution in [3.05, 3.63) is 18.1 Å². The maximum atomic E-state index is 11.7. The van der Waals surface area contributed by atoms with Gasteiger partial charge < -0.3 is 10.4 Å². The third-order valence-electron chi connectivity index (χ3n) is 4.35. The van der Waals surface area contributed by atoms with Gasteiger partial charge in [0.1, 0.15) is 12.1 Å². The molecule has 1 aliphatic rings. The van der Waals surface area contributed by atoms with Gasteiger partial charge in [0, 0.05) is 18.3 Å². The van der Waals surface area contributed by atoms with Crippen LogP contribution in [0.4, 0.5) is 5.82 Å². The first kappa shape index (κ1) is 15.7. The molecule has 0 radical (unpaired) electrons.